The summed E-state index contributed by atoms with van der Waals surface area (Å²) in [4.78, 5) is 4.67. The number of tetrazole rings is 1. The van der Waals surface area contributed by atoms with Crippen molar-refractivity contribution >= 4 is 10.0 Å². The molecule has 1 atom stereocenters. The average Bonchev–Trinajstić information content (AvgIpc) is 3.55. The fraction of sp³-hybridized carbons (Fsp3) is 0.350. The van der Waals surface area contributed by atoms with Gasteiger partial charge in [0.1, 0.15) is 12.1 Å². The molecular weight excluding hydrogens is 434 g/mol. The van der Waals surface area contributed by atoms with Gasteiger partial charge in [-0.2, -0.15) is 9.29 Å². The third kappa shape index (κ3) is 3.71. The number of hydrogen-bond acceptors (Lipinski definition) is 9. The normalized spacial score (nSPS) is 17.6. The Morgan fingerprint density at radius 1 is 1.16 bits per heavy atom. The van der Waals surface area contributed by atoms with E-state index in [2.05, 4.69) is 25.7 Å². The lowest BCUT2D eigenvalue weighted by Crippen LogP contribution is -2.39. The summed E-state index contributed by atoms with van der Waals surface area (Å²) >= 11 is 0. The molecule has 1 unspecified atom stereocenters. The third-order valence-corrected chi connectivity index (χ3v) is 7.40. The van der Waals surface area contributed by atoms with Crippen molar-refractivity contribution < 1.29 is 17.4 Å². The molecule has 0 aliphatic carbocycles. The van der Waals surface area contributed by atoms with Crippen molar-refractivity contribution in [3.05, 3.63) is 53.9 Å². The molecule has 0 amide bonds. The first kappa shape index (κ1) is 20.5. The van der Waals surface area contributed by atoms with Crippen molar-refractivity contribution in [2.24, 2.45) is 0 Å². The maximum atomic E-state index is 13.3. The quantitative estimate of drug-likeness (QED) is 0.445. The summed E-state index contributed by atoms with van der Waals surface area (Å²) < 4.78 is 40.6. The summed E-state index contributed by atoms with van der Waals surface area (Å²) in [6, 6.07) is 8.53. The Hall–Kier alpha value is -3.38. The van der Waals surface area contributed by atoms with Crippen molar-refractivity contribution in [1.82, 2.24) is 34.7 Å². The zero-order valence-electron chi connectivity index (χ0n) is 17.5. The SMILES string of the molecule is Cc1ccc(-c2noc(C3CCCN(S(=O)(=O)c4ccc(-n5cnnn5)c(C)c4)C3)n2)o1. The Morgan fingerprint density at radius 3 is 2.75 bits per heavy atom. The summed E-state index contributed by atoms with van der Waals surface area (Å²) in [7, 11) is -3.69. The Morgan fingerprint density at radius 2 is 2.03 bits per heavy atom. The highest BCUT2D eigenvalue weighted by Crippen LogP contribution is 2.31. The standard InChI is InChI=1S/C20H21N7O4S/c1-13-10-16(6-7-17(13)27-12-21-24-25-27)32(28,29)26-9-3-4-15(11-26)20-22-19(23-31-20)18-8-5-14(2)30-18/h5-8,10,12,15H,3-4,9,11H2,1-2H3. The van der Waals surface area contributed by atoms with Crippen LogP contribution in [0.25, 0.3) is 17.3 Å². The van der Waals surface area contributed by atoms with Crippen LogP contribution in [-0.2, 0) is 10.0 Å². The molecule has 0 radical (unpaired) electrons. The number of aryl methyl sites for hydroxylation is 2. The molecule has 11 nitrogen and oxygen atoms in total. The molecule has 1 saturated heterocycles. The van der Waals surface area contributed by atoms with Gasteiger partial charge in [-0.05, 0) is 73.0 Å². The predicted octanol–water partition coefficient (Wildman–Crippen LogP) is 2.49. The van der Waals surface area contributed by atoms with Crippen LogP contribution in [-0.4, -0.2) is 56.2 Å². The zero-order valence-corrected chi connectivity index (χ0v) is 18.4. The second-order valence-corrected chi connectivity index (χ2v) is 9.71. The molecule has 0 spiro atoms. The lowest BCUT2D eigenvalue weighted by Gasteiger charge is -2.30. The molecule has 1 aliphatic rings. The van der Waals surface area contributed by atoms with E-state index in [0.29, 0.717) is 30.4 Å². The Bertz CT molecular complexity index is 1340. The molecule has 1 aliphatic heterocycles. The van der Waals surface area contributed by atoms with Gasteiger partial charge in [0.05, 0.1) is 16.5 Å². The van der Waals surface area contributed by atoms with Crippen LogP contribution in [0.4, 0.5) is 0 Å². The molecule has 166 valence electrons. The van der Waals surface area contributed by atoms with E-state index < -0.39 is 10.0 Å². The van der Waals surface area contributed by atoms with Crippen LogP contribution in [0.1, 0.15) is 36.0 Å². The van der Waals surface area contributed by atoms with Crippen LogP contribution in [0.5, 0.6) is 0 Å². The second-order valence-electron chi connectivity index (χ2n) is 7.77. The summed E-state index contributed by atoms with van der Waals surface area (Å²) in [5.74, 6) is 1.87. The number of hydrogen-bond donors (Lipinski definition) is 0. The molecule has 3 aromatic heterocycles. The van der Waals surface area contributed by atoms with Gasteiger partial charge in [0.25, 0.3) is 0 Å². The maximum absolute atomic E-state index is 13.3. The smallest absolute Gasteiger partial charge is 0.243 e. The van der Waals surface area contributed by atoms with Gasteiger partial charge in [0.2, 0.25) is 21.7 Å². The highest BCUT2D eigenvalue weighted by molar-refractivity contribution is 7.89. The van der Waals surface area contributed by atoms with Gasteiger partial charge in [-0.25, -0.2) is 13.1 Å². The van der Waals surface area contributed by atoms with Gasteiger partial charge < -0.3 is 8.94 Å². The van der Waals surface area contributed by atoms with Gasteiger partial charge in [-0.1, -0.05) is 5.16 Å². The van der Waals surface area contributed by atoms with E-state index in [1.807, 2.05) is 19.9 Å². The molecule has 0 N–H and O–H groups in total. The minimum absolute atomic E-state index is 0.183. The Balaban J connectivity index is 1.37. The van der Waals surface area contributed by atoms with Crippen LogP contribution in [0.2, 0.25) is 0 Å². The van der Waals surface area contributed by atoms with Crippen LogP contribution >= 0.6 is 0 Å². The van der Waals surface area contributed by atoms with Crippen molar-refractivity contribution in [2.75, 3.05) is 13.1 Å². The predicted molar refractivity (Wildman–Crippen MR) is 111 cm³/mol. The van der Waals surface area contributed by atoms with E-state index in [-0.39, 0.29) is 17.4 Å². The molecule has 12 heteroatoms. The minimum Gasteiger partial charge on any atom is -0.458 e. The summed E-state index contributed by atoms with van der Waals surface area (Å²) in [6.45, 7) is 4.37. The van der Waals surface area contributed by atoms with Gasteiger partial charge in [0.15, 0.2) is 5.76 Å². The van der Waals surface area contributed by atoms with Gasteiger partial charge >= 0.3 is 0 Å². The van der Waals surface area contributed by atoms with Crippen molar-refractivity contribution in [2.45, 2.75) is 37.5 Å². The van der Waals surface area contributed by atoms with E-state index in [1.54, 1.807) is 24.3 Å². The summed E-state index contributed by atoms with van der Waals surface area (Å²) in [5, 5.41) is 15.1. The van der Waals surface area contributed by atoms with E-state index >= 15 is 0 Å². The first-order valence-electron chi connectivity index (χ1n) is 10.2. The van der Waals surface area contributed by atoms with E-state index in [0.717, 1.165) is 23.4 Å². The Labute approximate surface area is 184 Å². The molecule has 5 rings (SSSR count). The summed E-state index contributed by atoms with van der Waals surface area (Å²) in [6.07, 6.45) is 2.93. The van der Waals surface area contributed by atoms with Crippen LogP contribution in [0.3, 0.4) is 0 Å². The lowest BCUT2D eigenvalue weighted by molar-refractivity contribution is 0.265. The van der Waals surface area contributed by atoms with Gasteiger partial charge in [-0.15, -0.1) is 5.10 Å². The Kier molecular flexibility index (Phi) is 5.10. The molecule has 32 heavy (non-hydrogen) atoms. The van der Waals surface area contributed by atoms with Crippen molar-refractivity contribution in [3.8, 4) is 17.3 Å². The fourth-order valence-electron chi connectivity index (χ4n) is 3.88. The van der Waals surface area contributed by atoms with E-state index in [1.165, 1.54) is 15.3 Å². The fourth-order valence-corrected chi connectivity index (χ4v) is 5.49. The molecule has 4 aromatic rings. The number of rotatable bonds is 5. The van der Waals surface area contributed by atoms with Crippen molar-refractivity contribution in [3.63, 3.8) is 0 Å². The number of piperidine rings is 1. The molecule has 1 aromatic carbocycles. The van der Waals surface area contributed by atoms with Crippen LogP contribution in [0, 0.1) is 13.8 Å². The number of nitrogens with zero attached hydrogens (tertiary/aromatic N) is 7. The van der Waals surface area contributed by atoms with Gasteiger partial charge in [-0.3, -0.25) is 0 Å². The molecule has 1 fully saturated rings. The highest BCUT2D eigenvalue weighted by atomic mass is 32.2. The largest absolute Gasteiger partial charge is 0.458 e. The first-order chi connectivity index (χ1) is 15.4. The molecule has 0 bridgehead atoms. The van der Waals surface area contributed by atoms with Crippen molar-refractivity contribution in [1.29, 1.82) is 0 Å². The maximum Gasteiger partial charge on any atom is 0.243 e. The third-order valence-electron chi connectivity index (χ3n) is 5.54. The number of benzene rings is 1. The van der Waals surface area contributed by atoms with Crippen LogP contribution < -0.4 is 0 Å². The van der Waals surface area contributed by atoms with E-state index in [9.17, 15) is 8.42 Å². The minimum atomic E-state index is -3.69. The molecule has 4 heterocycles. The highest BCUT2D eigenvalue weighted by Gasteiger charge is 2.34. The number of aromatic nitrogens is 6. The number of sulfonamides is 1. The first-order valence-corrected chi connectivity index (χ1v) is 11.6. The average molecular weight is 456 g/mol. The lowest BCUT2D eigenvalue weighted by atomic mass is 10.00. The topological polar surface area (TPSA) is 133 Å². The molecular formula is C20H21N7O4S. The second kappa shape index (κ2) is 7.95. The van der Waals surface area contributed by atoms with Crippen LogP contribution in [0.15, 0.2) is 50.5 Å². The monoisotopic (exact) mass is 455 g/mol. The van der Waals surface area contributed by atoms with Gasteiger partial charge in [0, 0.05) is 13.1 Å². The number of furan rings is 1. The summed E-state index contributed by atoms with van der Waals surface area (Å²) in [5.41, 5.74) is 1.47. The van der Waals surface area contributed by atoms with E-state index in [4.69, 9.17) is 8.94 Å². The molecule has 0 saturated carbocycles. The zero-order chi connectivity index (χ0) is 22.3.